The monoisotopic (exact) mass is 238 g/mol. The fourth-order valence-corrected chi connectivity index (χ4v) is 2.91. The van der Waals surface area contributed by atoms with Gasteiger partial charge in [-0.1, -0.05) is 13.0 Å². The van der Waals surface area contributed by atoms with Crippen molar-refractivity contribution >= 4 is 11.3 Å². The van der Waals surface area contributed by atoms with Crippen molar-refractivity contribution in [2.75, 3.05) is 26.7 Å². The third kappa shape index (κ3) is 3.30. The van der Waals surface area contributed by atoms with E-state index in [1.165, 1.54) is 30.8 Å². The molecular weight excluding hydrogens is 216 g/mol. The number of piperidine rings is 1. The number of nitrogens with zero attached hydrogens (tertiary/aromatic N) is 1. The maximum atomic E-state index is 3.60. The summed E-state index contributed by atoms with van der Waals surface area (Å²) in [6.07, 6.45) is 2.64. The third-order valence-corrected chi connectivity index (χ3v) is 4.50. The summed E-state index contributed by atoms with van der Waals surface area (Å²) >= 11 is 1.84. The summed E-state index contributed by atoms with van der Waals surface area (Å²) in [6.45, 7) is 7.09. The Morgan fingerprint density at radius 1 is 1.44 bits per heavy atom. The minimum absolute atomic E-state index is 0.504. The first-order valence-electron chi connectivity index (χ1n) is 6.10. The van der Waals surface area contributed by atoms with Gasteiger partial charge in [-0.25, -0.2) is 0 Å². The van der Waals surface area contributed by atoms with E-state index in [0.29, 0.717) is 5.41 Å². The van der Waals surface area contributed by atoms with Crippen molar-refractivity contribution in [3.8, 4) is 0 Å². The van der Waals surface area contributed by atoms with Crippen molar-refractivity contribution in [1.29, 1.82) is 0 Å². The molecule has 0 spiro atoms. The van der Waals surface area contributed by atoms with Crippen LogP contribution in [0.4, 0.5) is 0 Å². The number of likely N-dealkylation sites (tertiary alicyclic amines) is 1. The number of nitrogens with one attached hydrogen (secondary N) is 1. The summed E-state index contributed by atoms with van der Waals surface area (Å²) < 4.78 is 0. The van der Waals surface area contributed by atoms with E-state index in [9.17, 15) is 0 Å². The lowest BCUT2D eigenvalue weighted by Gasteiger charge is -2.38. The predicted molar refractivity (Wildman–Crippen MR) is 70.9 cm³/mol. The zero-order valence-corrected chi connectivity index (χ0v) is 11.1. The molecule has 3 heteroatoms. The molecular formula is C13H22N2S. The topological polar surface area (TPSA) is 15.3 Å². The second-order valence-corrected chi connectivity index (χ2v) is 6.33. The van der Waals surface area contributed by atoms with Crippen LogP contribution in [0.1, 0.15) is 24.6 Å². The summed E-state index contributed by atoms with van der Waals surface area (Å²) in [7, 11) is 2.22. The molecule has 0 aromatic carbocycles. The molecule has 0 radical (unpaired) electrons. The molecule has 1 fully saturated rings. The molecule has 0 unspecified atom stereocenters. The fraction of sp³-hybridized carbons (Fsp3) is 0.692. The van der Waals surface area contributed by atoms with Gasteiger partial charge in [0.15, 0.2) is 0 Å². The van der Waals surface area contributed by atoms with E-state index < -0.39 is 0 Å². The first kappa shape index (κ1) is 12.1. The van der Waals surface area contributed by atoms with Gasteiger partial charge in [-0.15, -0.1) is 11.3 Å². The standard InChI is InChI=1S/C13H22N2S/c1-13(5-7-15(2)8-6-13)11-14-10-12-4-3-9-16-12/h3-4,9,14H,5-8,10-11H2,1-2H3. The molecule has 1 aromatic heterocycles. The van der Waals surface area contributed by atoms with E-state index in [-0.39, 0.29) is 0 Å². The first-order valence-corrected chi connectivity index (χ1v) is 6.98. The van der Waals surface area contributed by atoms with Gasteiger partial charge in [-0.2, -0.15) is 0 Å². The Balaban J connectivity index is 1.73. The van der Waals surface area contributed by atoms with Crippen molar-refractivity contribution in [3.05, 3.63) is 22.4 Å². The summed E-state index contributed by atoms with van der Waals surface area (Å²) in [5.74, 6) is 0. The smallest absolute Gasteiger partial charge is 0.0299 e. The lowest BCUT2D eigenvalue weighted by Crippen LogP contribution is -2.41. The van der Waals surface area contributed by atoms with Crippen LogP contribution in [-0.4, -0.2) is 31.6 Å². The van der Waals surface area contributed by atoms with Crippen LogP contribution >= 0.6 is 11.3 Å². The maximum absolute atomic E-state index is 3.60. The van der Waals surface area contributed by atoms with E-state index in [2.05, 4.69) is 41.7 Å². The van der Waals surface area contributed by atoms with Crippen LogP contribution in [0, 0.1) is 5.41 Å². The van der Waals surface area contributed by atoms with Gasteiger partial charge >= 0.3 is 0 Å². The minimum atomic E-state index is 0.504. The Morgan fingerprint density at radius 2 is 2.19 bits per heavy atom. The average Bonchev–Trinajstić information content (AvgIpc) is 2.76. The zero-order valence-electron chi connectivity index (χ0n) is 10.3. The Hall–Kier alpha value is -0.380. The molecule has 1 N–H and O–H groups in total. The Kier molecular flexibility index (Phi) is 4.00. The lowest BCUT2D eigenvalue weighted by atomic mass is 9.80. The van der Waals surface area contributed by atoms with Crippen LogP contribution in [0.3, 0.4) is 0 Å². The van der Waals surface area contributed by atoms with Crippen LogP contribution in [0.15, 0.2) is 17.5 Å². The molecule has 0 bridgehead atoms. The number of hydrogen-bond acceptors (Lipinski definition) is 3. The summed E-state index contributed by atoms with van der Waals surface area (Å²) in [5, 5.41) is 5.75. The molecule has 1 saturated heterocycles. The van der Waals surface area contributed by atoms with Crippen molar-refractivity contribution < 1.29 is 0 Å². The van der Waals surface area contributed by atoms with Crippen molar-refractivity contribution in [2.24, 2.45) is 5.41 Å². The highest BCUT2D eigenvalue weighted by atomic mass is 32.1. The quantitative estimate of drug-likeness (QED) is 0.867. The fourth-order valence-electron chi connectivity index (χ4n) is 2.24. The minimum Gasteiger partial charge on any atom is -0.311 e. The third-order valence-electron chi connectivity index (χ3n) is 3.63. The van der Waals surface area contributed by atoms with Gasteiger partial charge in [-0.05, 0) is 49.8 Å². The first-order chi connectivity index (χ1) is 7.68. The second kappa shape index (κ2) is 5.30. The maximum Gasteiger partial charge on any atom is 0.0299 e. The molecule has 1 aliphatic rings. The SMILES string of the molecule is CN1CCC(C)(CNCc2cccs2)CC1. The zero-order chi connectivity index (χ0) is 11.4. The highest BCUT2D eigenvalue weighted by Crippen LogP contribution is 2.29. The molecule has 2 heterocycles. The predicted octanol–water partition coefficient (Wildman–Crippen LogP) is 2.57. The highest BCUT2D eigenvalue weighted by Gasteiger charge is 2.28. The van der Waals surface area contributed by atoms with Crippen molar-refractivity contribution in [3.63, 3.8) is 0 Å². The van der Waals surface area contributed by atoms with E-state index >= 15 is 0 Å². The summed E-state index contributed by atoms with van der Waals surface area (Å²) in [5.41, 5.74) is 0.504. The van der Waals surface area contributed by atoms with Crippen LogP contribution in [0.25, 0.3) is 0 Å². The molecule has 90 valence electrons. The molecule has 1 aromatic rings. The number of hydrogen-bond donors (Lipinski definition) is 1. The Labute approximate surface area is 103 Å². The molecule has 2 rings (SSSR count). The largest absolute Gasteiger partial charge is 0.311 e. The van der Waals surface area contributed by atoms with Gasteiger partial charge in [0, 0.05) is 18.0 Å². The van der Waals surface area contributed by atoms with Gasteiger partial charge in [0.05, 0.1) is 0 Å². The molecule has 0 aliphatic carbocycles. The van der Waals surface area contributed by atoms with Crippen LogP contribution in [0.5, 0.6) is 0 Å². The van der Waals surface area contributed by atoms with E-state index in [0.717, 1.165) is 13.1 Å². The van der Waals surface area contributed by atoms with Gasteiger partial charge in [-0.3, -0.25) is 0 Å². The lowest BCUT2D eigenvalue weighted by molar-refractivity contribution is 0.137. The Morgan fingerprint density at radius 3 is 2.81 bits per heavy atom. The Bertz CT molecular complexity index is 300. The van der Waals surface area contributed by atoms with E-state index in [1.807, 2.05) is 11.3 Å². The summed E-state index contributed by atoms with van der Waals surface area (Å²) in [4.78, 5) is 3.87. The molecule has 0 saturated carbocycles. The molecule has 0 atom stereocenters. The van der Waals surface area contributed by atoms with Gasteiger partial charge in [0.25, 0.3) is 0 Å². The van der Waals surface area contributed by atoms with Gasteiger partial charge in [0.2, 0.25) is 0 Å². The van der Waals surface area contributed by atoms with Gasteiger partial charge < -0.3 is 10.2 Å². The van der Waals surface area contributed by atoms with Crippen LogP contribution in [-0.2, 0) is 6.54 Å². The second-order valence-electron chi connectivity index (χ2n) is 5.30. The number of rotatable bonds is 4. The van der Waals surface area contributed by atoms with Crippen molar-refractivity contribution in [2.45, 2.75) is 26.3 Å². The molecule has 1 aliphatic heterocycles. The molecule has 2 nitrogen and oxygen atoms in total. The molecule has 0 amide bonds. The van der Waals surface area contributed by atoms with E-state index in [4.69, 9.17) is 0 Å². The van der Waals surface area contributed by atoms with E-state index in [1.54, 1.807) is 0 Å². The normalized spacial score (nSPS) is 21.1. The average molecular weight is 238 g/mol. The summed E-state index contributed by atoms with van der Waals surface area (Å²) in [6, 6.07) is 4.33. The van der Waals surface area contributed by atoms with Gasteiger partial charge in [0.1, 0.15) is 0 Å². The van der Waals surface area contributed by atoms with Crippen molar-refractivity contribution in [1.82, 2.24) is 10.2 Å². The van der Waals surface area contributed by atoms with Crippen LogP contribution in [0.2, 0.25) is 0 Å². The molecule has 16 heavy (non-hydrogen) atoms. The van der Waals surface area contributed by atoms with Crippen LogP contribution < -0.4 is 5.32 Å². The number of thiophene rings is 1. The highest BCUT2D eigenvalue weighted by molar-refractivity contribution is 7.09.